The van der Waals surface area contributed by atoms with Crippen LogP contribution in [0.2, 0.25) is 0 Å². The van der Waals surface area contributed by atoms with Crippen molar-refractivity contribution in [3.63, 3.8) is 0 Å². The molecular formula is C4H6N2O3S. The van der Waals surface area contributed by atoms with Gasteiger partial charge in [-0.25, -0.2) is 5.01 Å². The Balaban J connectivity index is 2.75. The number of hydrogen-bond donors (Lipinski definition) is 0. The number of carbonyl (C=O) groups is 1. The van der Waals surface area contributed by atoms with E-state index in [9.17, 15) is 13.2 Å². The topological polar surface area (TPSA) is 66.8 Å². The zero-order chi connectivity index (χ0) is 7.56. The largest absolute Gasteiger partial charge is 0.333 e. The summed E-state index contributed by atoms with van der Waals surface area (Å²) in [7, 11) is -2.50. The van der Waals surface area contributed by atoms with Gasteiger partial charge in [0.25, 0.3) is 0 Å². The standard InChI is InChI=1S/C4H6N2O3S/c7-4-2-1-3-6(4)5-10(8)9/h1-3H2. The van der Waals surface area contributed by atoms with Gasteiger partial charge in [-0.3, -0.25) is 4.79 Å². The molecule has 0 aromatic rings. The van der Waals surface area contributed by atoms with Crippen LogP contribution in [-0.4, -0.2) is 25.9 Å². The lowest BCUT2D eigenvalue weighted by Crippen LogP contribution is -2.16. The molecule has 0 spiro atoms. The molecule has 1 saturated heterocycles. The summed E-state index contributed by atoms with van der Waals surface area (Å²) in [6, 6.07) is 0. The molecule has 56 valence electrons. The van der Waals surface area contributed by atoms with Crippen molar-refractivity contribution in [3.8, 4) is 0 Å². The molecule has 0 radical (unpaired) electrons. The van der Waals surface area contributed by atoms with Crippen molar-refractivity contribution in [3.05, 3.63) is 0 Å². The Bertz CT molecular complexity index is 260. The van der Waals surface area contributed by atoms with E-state index in [4.69, 9.17) is 0 Å². The predicted octanol–water partition coefficient (Wildman–Crippen LogP) is -0.413. The van der Waals surface area contributed by atoms with Crippen molar-refractivity contribution in [2.75, 3.05) is 6.54 Å². The summed E-state index contributed by atoms with van der Waals surface area (Å²) in [5, 5.41) is 0.975. The van der Waals surface area contributed by atoms with Gasteiger partial charge in [-0.2, -0.15) is 8.42 Å². The first-order chi connectivity index (χ1) is 4.70. The average molecular weight is 162 g/mol. The van der Waals surface area contributed by atoms with E-state index in [2.05, 4.69) is 4.47 Å². The number of rotatable bonds is 1. The normalized spacial score (nSPS) is 17.6. The zero-order valence-electron chi connectivity index (χ0n) is 5.15. The SMILES string of the molecule is O=C1CCCN1N=S(=O)=O. The van der Waals surface area contributed by atoms with Crippen molar-refractivity contribution in [2.45, 2.75) is 12.8 Å². The molecule has 1 aliphatic rings. The van der Waals surface area contributed by atoms with Crippen LogP contribution in [0.5, 0.6) is 0 Å². The van der Waals surface area contributed by atoms with Crippen LogP contribution >= 0.6 is 0 Å². The summed E-state index contributed by atoms with van der Waals surface area (Å²) in [5.41, 5.74) is 0. The van der Waals surface area contributed by atoms with Crippen LogP contribution in [0.15, 0.2) is 4.47 Å². The summed E-state index contributed by atoms with van der Waals surface area (Å²) >= 11 is 0. The van der Waals surface area contributed by atoms with E-state index < -0.39 is 10.5 Å². The number of amides is 1. The van der Waals surface area contributed by atoms with E-state index in [-0.39, 0.29) is 5.91 Å². The maximum Gasteiger partial charge on any atom is 0.333 e. The minimum atomic E-state index is -2.50. The Morgan fingerprint density at radius 1 is 1.50 bits per heavy atom. The highest BCUT2D eigenvalue weighted by Crippen LogP contribution is 2.08. The fraction of sp³-hybridized carbons (Fsp3) is 0.750. The molecule has 10 heavy (non-hydrogen) atoms. The number of hydrogen-bond acceptors (Lipinski definition) is 4. The molecule has 5 nitrogen and oxygen atoms in total. The van der Waals surface area contributed by atoms with Crippen LogP contribution in [0, 0.1) is 0 Å². The summed E-state index contributed by atoms with van der Waals surface area (Å²) < 4.78 is 22.9. The lowest BCUT2D eigenvalue weighted by Gasteiger charge is -2.01. The van der Waals surface area contributed by atoms with Gasteiger partial charge in [0.15, 0.2) is 0 Å². The molecule has 1 rings (SSSR count). The molecule has 0 aromatic heterocycles. The molecule has 0 aliphatic carbocycles. The van der Waals surface area contributed by atoms with E-state index in [0.717, 1.165) is 5.01 Å². The van der Waals surface area contributed by atoms with Crippen LogP contribution in [0.4, 0.5) is 0 Å². The van der Waals surface area contributed by atoms with Gasteiger partial charge in [0, 0.05) is 13.0 Å². The first kappa shape index (κ1) is 7.20. The third-order valence-electron chi connectivity index (χ3n) is 1.21. The second-order valence-electron chi connectivity index (χ2n) is 1.92. The molecule has 1 fully saturated rings. The fourth-order valence-electron chi connectivity index (χ4n) is 0.801. The van der Waals surface area contributed by atoms with Gasteiger partial charge in [-0.1, -0.05) is 0 Å². The molecular weight excluding hydrogens is 156 g/mol. The average Bonchev–Trinajstić information content (AvgIpc) is 2.15. The first-order valence-corrected chi connectivity index (χ1v) is 3.85. The molecule has 0 atom stereocenters. The van der Waals surface area contributed by atoms with Crippen molar-refractivity contribution in [2.24, 2.45) is 4.47 Å². The minimum absolute atomic E-state index is 0.218. The molecule has 0 unspecified atom stereocenters. The Hall–Kier alpha value is -0.910. The fourth-order valence-corrected chi connectivity index (χ4v) is 1.13. The summed E-state index contributed by atoms with van der Waals surface area (Å²) in [4.78, 5) is 10.7. The van der Waals surface area contributed by atoms with Crippen molar-refractivity contribution >= 4 is 16.4 Å². The van der Waals surface area contributed by atoms with Gasteiger partial charge in [0.1, 0.15) is 0 Å². The third-order valence-corrected chi connectivity index (χ3v) is 1.54. The van der Waals surface area contributed by atoms with E-state index >= 15 is 0 Å². The molecule has 0 N–H and O–H groups in total. The highest BCUT2D eigenvalue weighted by atomic mass is 32.2. The molecule has 0 saturated carbocycles. The quantitative estimate of drug-likeness (QED) is 0.526. The van der Waals surface area contributed by atoms with Crippen molar-refractivity contribution < 1.29 is 13.2 Å². The van der Waals surface area contributed by atoms with Crippen molar-refractivity contribution in [1.29, 1.82) is 0 Å². The van der Waals surface area contributed by atoms with E-state index in [1.165, 1.54) is 0 Å². The lowest BCUT2D eigenvalue weighted by molar-refractivity contribution is -0.127. The molecule has 1 heterocycles. The summed E-state index contributed by atoms with van der Waals surface area (Å²) in [5.74, 6) is -0.218. The van der Waals surface area contributed by atoms with Crippen LogP contribution in [-0.2, 0) is 15.3 Å². The Morgan fingerprint density at radius 2 is 2.20 bits per heavy atom. The molecule has 0 aromatic carbocycles. The van der Waals surface area contributed by atoms with Crippen LogP contribution in [0.25, 0.3) is 0 Å². The van der Waals surface area contributed by atoms with Gasteiger partial charge in [-0.15, -0.1) is 0 Å². The van der Waals surface area contributed by atoms with Gasteiger partial charge in [0.2, 0.25) is 5.91 Å². The number of carbonyl (C=O) groups excluding carboxylic acids is 1. The molecule has 0 bridgehead atoms. The number of nitrogens with zero attached hydrogens (tertiary/aromatic N) is 2. The van der Waals surface area contributed by atoms with E-state index in [0.29, 0.717) is 19.4 Å². The van der Waals surface area contributed by atoms with Crippen LogP contribution < -0.4 is 0 Å². The monoisotopic (exact) mass is 162 g/mol. The van der Waals surface area contributed by atoms with Gasteiger partial charge in [-0.05, 0) is 10.9 Å². The van der Waals surface area contributed by atoms with E-state index in [1.54, 1.807) is 0 Å². The maximum absolute atomic E-state index is 10.7. The molecule has 1 aliphatic heterocycles. The van der Waals surface area contributed by atoms with Gasteiger partial charge >= 0.3 is 10.5 Å². The molecule has 1 amide bonds. The molecule has 6 heteroatoms. The predicted molar refractivity (Wildman–Crippen MR) is 32.3 cm³/mol. The first-order valence-electron chi connectivity index (χ1n) is 2.81. The lowest BCUT2D eigenvalue weighted by atomic mass is 10.4. The second kappa shape index (κ2) is 2.78. The summed E-state index contributed by atoms with van der Waals surface area (Å²) in [6.07, 6.45) is 1.10. The Kier molecular flexibility index (Phi) is 2.00. The highest BCUT2D eigenvalue weighted by Gasteiger charge is 2.19. The van der Waals surface area contributed by atoms with Gasteiger partial charge < -0.3 is 0 Å². The third kappa shape index (κ3) is 1.53. The Labute approximate surface area is 59.3 Å². The highest BCUT2D eigenvalue weighted by molar-refractivity contribution is 7.61. The second-order valence-corrected chi connectivity index (χ2v) is 2.52. The van der Waals surface area contributed by atoms with Crippen molar-refractivity contribution in [1.82, 2.24) is 5.01 Å². The maximum atomic E-state index is 10.7. The Morgan fingerprint density at radius 3 is 2.60 bits per heavy atom. The van der Waals surface area contributed by atoms with E-state index in [1.807, 2.05) is 0 Å². The minimum Gasteiger partial charge on any atom is -0.273 e. The van der Waals surface area contributed by atoms with Crippen LogP contribution in [0.1, 0.15) is 12.8 Å². The smallest absolute Gasteiger partial charge is 0.273 e. The van der Waals surface area contributed by atoms with Gasteiger partial charge in [0.05, 0.1) is 0 Å². The van der Waals surface area contributed by atoms with Crippen LogP contribution in [0.3, 0.4) is 0 Å². The summed E-state index contributed by atoms with van der Waals surface area (Å²) in [6.45, 7) is 0.423. The zero-order valence-corrected chi connectivity index (χ0v) is 5.97.